The summed E-state index contributed by atoms with van der Waals surface area (Å²) in [5, 5.41) is 3.29. The number of rotatable bonds is 11. The molecular weight excluding hydrogens is 562 g/mol. The summed E-state index contributed by atoms with van der Waals surface area (Å²) >= 11 is 6.24. The summed E-state index contributed by atoms with van der Waals surface area (Å²) in [5.74, 6) is -0.343. The molecule has 3 rings (SSSR count). The third kappa shape index (κ3) is 8.24. The molecule has 0 bridgehead atoms. The Kier molecular flexibility index (Phi) is 10.4. The van der Waals surface area contributed by atoms with Crippen LogP contribution in [0.1, 0.15) is 45.2 Å². The first-order valence-electron chi connectivity index (χ1n) is 13.3. The number of anilines is 1. The Labute approximate surface area is 248 Å². The van der Waals surface area contributed by atoms with Gasteiger partial charge < -0.3 is 15.0 Å². The van der Waals surface area contributed by atoms with Gasteiger partial charge in [-0.3, -0.25) is 13.9 Å². The second-order valence-corrected chi connectivity index (χ2v) is 13.1. The van der Waals surface area contributed by atoms with Crippen LogP contribution in [0.2, 0.25) is 5.02 Å². The van der Waals surface area contributed by atoms with Gasteiger partial charge in [0.15, 0.2) is 0 Å². The molecule has 0 saturated carbocycles. The predicted molar refractivity (Wildman–Crippen MR) is 163 cm³/mol. The van der Waals surface area contributed by atoms with Crippen LogP contribution in [0.5, 0.6) is 5.75 Å². The summed E-state index contributed by atoms with van der Waals surface area (Å²) in [6, 6.07) is 19.0. The zero-order valence-electron chi connectivity index (χ0n) is 24.3. The Morgan fingerprint density at radius 1 is 1.00 bits per heavy atom. The molecule has 0 unspecified atom stereocenters. The minimum Gasteiger partial charge on any atom is -0.497 e. The van der Waals surface area contributed by atoms with Gasteiger partial charge in [-0.1, -0.05) is 48.9 Å². The smallest absolute Gasteiger partial charge is 0.264 e. The molecule has 0 aromatic heterocycles. The largest absolute Gasteiger partial charge is 0.497 e. The van der Waals surface area contributed by atoms with Crippen LogP contribution in [-0.4, -0.2) is 50.4 Å². The minimum atomic E-state index is -4.22. The molecule has 10 heteroatoms. The zero-order valence-corrected chi connectivity index (χ0v) is 25.9. The van der Waals surface area contributed by atoms with E-state index in [4.69, 9.17) is 16.3 Å². The third-order valence-corrected chi connectivity index (χ3v) is 8.53. The Morgan fingerprint density at radius 2 is 1.66 bits per heavy atom. The summed E-state index contributed by atoms with van der Waals surface area (Å²) in [6.45, 7) is 8.95. The number of hydrogen-bond acceptors (Lipinski definition) is 5. The van der Waals surface area contributed by atoms with Crippen molar-refractivity contribution in [3.63, 3.8) is 0 Å². The number of sulfonamides is 1. The van der Waals surface area contributed by atoms with E-state index in [2.05, 4.69) is 5.32 Å². The van der Waals surface area contributed by atoms with E-state index in [9.17, 15) is 18.0 Å². The molecule has 0 fully saturated rings. The number of carbonyl (C=O) groups is 2. The quantitative estimate of drug-likeness (QED) is 0.311. The fourth-order valence-corrected chi connectivity index (χ4v) is 5.97. The average molecular weight is 600 g/mol. The lowest BCUT2D eigenvalue weighted by Crippen LogP contribution is -2.55. The topological polar surface area (TPSA) is 96.0 Å². The van der Waals surface area contributed by atoms with E-state index in [-0.39, 0.29) is 23.0 Å². The van der Waals surface area contributed by atoms with Gasteiger partial charge in [0.25, 0.3) is 10.0 Å². The maximum Gasteiger partial charge on any atom is 0.264 e. The normalized spacial score (nSPS) is 12.4. The van der Waals surface area contributed by atoms with Gasteiger partial charge in [-0.15, -0.1) is 0 Å². The van der Waals surface area contributed by atoms with E-state index in [1.165, 1.54) is 30.2 Å². The SMILES string of the molecule is CC[C@H](C(=O)NC(C)(C)C)N(Cc1ccccc1C)C(=O)CN(c1cccc(Cl)c1)S(=O)(=O)c1ccc(OC)cc1. The Bertz CT molecular complexity index is 1470. The molecule has 0 saturated heterocycles. The van der Waals surface area contributed by atoms with Crippen molar-refractivity contribution in [3.8, 4) is 5.75 Å². The van der Waals surface area contributed by atoms with Crippen LogP contribution in [0.15, 0.2) is 77.7 Å². The third-order valence-electron chi connectivity index (χ3n) is 6.51. The summed E-state index contributed by atoms with van der Waals surface area (Å²) in [6.07, 6.45) is 0.335. The van der Waals surface area contributed by atoms with Crippen LogP contribution >= 0.6 is 11.6 Å². The summed E-state index contributed by atoms with van der Waals surface area (Å²) in [7, 11) is -2.73. The summed E-state index contributed by atoms with van der Waals surface area (Å²) in [5.41, 5.74) is 1.51. The van der Waals surface area contributed by atoms with Gasteiger partial charge in [-0.05, 0) is 87.7 Å². The van der Waals surface area contributed by atoms with Crippen molar-refractivity contribution in [1.29, 1.82) is 0 Å². The maximum atomic E-state index is 14.2. The molecular formula is C31H38ClN3O5S. The van der Waals surface area contributed by atoms with Crippen LogP contribution in [0.4, 0.5) is 5.69 Å². The van der Waals surface area contributed by atoms with Crippen molar-refractivity contribution < 1.29 is 22.7 Å². The molecule has 1 N–H and O–H groups in total. The second-order valence-electron chi connectivity index (χ2n) is 10.8. The van der Waals surface area contributed by atoms with Crippen molar-refractivity contribution in [2.24, 2.45) is 0 Å². The van der Waals surface area contributed by atoms with Crippen LogP contribution in [0.25, 0.3) is 0 Å². The highest BCUT2D eigenvalue weighted by atomic mass is 35.5. The van der Waals surface area contributed by atoms with Gasteiger partial charge in [0.2, 0.25) is 11.8 Å². The van der Waals surface area contributed by atoms with Gasteiger partial charge in [-0.25, -0.2) is 8.42 Å². The Morgan fingerprint density at radius 3 is 2.22 bits per heavy atom. The van der Waals surface area contributed by atoms with Gasteiger partial charge in [0, 0.05) is 17.1 Å². The van der Waals surface area contributed by atoms with Crippen molar-refractivity contribution in [3.05, 3.63) is 88.9 Å². The van der Waals surface area contributed by atoms with E-state index in [0.717, 1.165) is 15.4 Å². The highest BCUT2D eigenvalue weighted by Crippen LogP contribution is 2.28. The molecule has 8 nitrogen and oxygen atoms in total. The highest BCUT2D eigenvalue weighted by Gasteiger charge is 2.34. The molecule has 0 aliphatic carbocycles. The summed E-state index contributed by atoms with van der Waals surface area (Å²) < 4.78 is 34.1. The number of nitrogens with one attached hydrogen (secondary N) is 1. The van der Waals surface area contributed by atoms with Crippen molar-refractivity contribution in [2.75, 3.05) is 18.0 Å². The standard InChI is InChI=1S/C31H38ClN3O5S/c1-7-28(30(37)33-31(3,4)5)34(20-23-12-9-8-11-22(23)2)29(36)21-35(25-14-10-13-24(32)19-25)41(38,39)27-17-15-26(40-6)16-18-27/h8-19,28H,7,20-21H2,1-6H3,(H,33,37)/t28-/m1/s1. The number of hydrogen-bond donors (Lipinski definition) is 1. The van der Waals surface area contributed by atoms with E-state index >= 15 is 0 Å². The van der Waals surface area contributed by atoms with Crippen LogP contribution in [-0.2, 0) is 26.2 Å². The fraction of sp³-hybridized carbons (Fsp3) is 0.355. The first kappa shape index (κ1) is 32.0. The molecule has 1 atom stereocenters. The molecule has 0 spiro atoms. The highest BCUT2D eigenvalue weighted by molar-refractivity contribution is 7.92. The molecule has 3 aromatic rings. The number of ether oxygens (including phenoxy) is 1. The lowest BCUT2D eigenvalue weighted by molar-refractivity contribution is -0.141. The number of aryl methyl sites for hydroxylation is 1. The molecule has 3 aromatic carbocycles. The number of methoxy groups -OCH3 is 1. The molecule has 0 heterocycles. The first-order chi connectivity index (χ1) is 19.3. The van der Waals surface area contributed by atoms with Gasteiger partial charge in [0.05, 0.1) is 17.7 Å². The van der Waals surface area contributed by atoms with E-state index in [1.807, 2.05) is 58.9 Å². The van der Waals surface area contributed by atoms with Crippen LogP contribution in [0, 0.1) is 6.92 Å². The molecule has 0 radical (unpaired) electrons. The average Bonchev–Trinajstić information content (AvgIpc) is 2.91. The molecule has 220 valence electrons. The Hall–Kier alpha value is -3.56. The molecule has 0 aliphatic rings. The van der Waals surface area contributed by atoms with Gasteiger partial charge in [-0.2, -0.15) is 0 Å². The van der Waals surface area contributed by atoms with Gasteiger partial charge in [0.1, 0.15) is 18.3 Å². The first-order valence-corrected chi connectivity index (χ1v) is 15.2. The number of nitrogens with zero attached hydrogens (tertiary/aromatic N) is 2. The van der Waals surface area contributed by atoms with Crippen molar-refractivity contribution >= 4 is 39.1 Å². The maximum absolute atomic E-state index is 14.2. The van der Waals surface area contributed by atoms with Crippen LogP contribution < -0.4 is 14.4 Å². The van der Waals surface area contributed by atoms with E-state index < -0.39 is 34.1 Å². The molecule has 0 aliphatic heterocycles. The molecule has 41 heavy (non-hydrogen) atoms. The van der Waals surface area contributed by atoms with Crippen molar-refractivity contribution in [1.82, 2.24) is 10.2 Å². The van der Waals surface area contributed by atoms with E-state index in [0.29, 0.717) is 17.2 Å². The number of carbonyl (C=O) groups excluding carboxylic acids is 2. The second kappa shape index (κ2) is 13.4. The number of halogens is 1. The molecule has 2 amide bonds. The lowest BCUT2D eigenvalue weighted by atomic mass is 10.0. The fourth-order valence-electron chi connectivity index (χ4n) is 4.38. The minimum absolute atomic E-state index is 0.0194. The summed E-state index contributed by atoms with van der Waals surface area (Å²) in [4.78, 5) is 29.0. The predicted octanol–water partition coefficient (Wildman–Crippen LogP) is 5.57. The van der Waals surface area contributed by atoms with E-state index in [1.54, 1.807) is 30.3 Å². The zero-order chi connectivity index (χ0) is 30.4. The van der Waals surface area contributed by atoms with Crippen molar-refractivity contribution in [2.45, 2.75) is 64.1 Å². The van der Waals surface area contributed by atoms with Crippen LogP contribution in [0.3, 0.4) is 0 Å². The number of benzene rings is 3. The lowest BCUT2D eigenvalue weighted by Gasteiger charge is -2.35. The van der Waals surface area contributed by atoms with Gasteiger partial charge >= 0.3 is 0 Å². The monoisotopic (exact) mass is 599 g/mol. The number of amides is 2. The Balaban J connectivity index is 2.09.